The van der Waals surface area contributed by atoms with E-state index in [9.17, 15) is 9.18 Å². The van der Waals surface area contributed by atoms with Gasteiger partial charge in [-0.3, -0.25) is 9.36 Å². The molecule has 0 spiro atoms. The molecule has 1 amide bonds. The molecule has 0 aliphatic heterocycles. The van der Waals surface area contributed by atoms with Gasteiger partial charge in [-0.1, -0.05) is 18.2 Å². The third kappa shape index (κ3) is 3.27. The van der Waals surface area contributed by atoms with Crippen LogP contribution in [0.1, 0.15) is 21.6 Å². The number of rotatable bonds is 5. The highest BCUT2D eigenvalue weighted by Crippen LogP contribution is 2.25. The Hall–Kier alpha value is -3.81. The molecule has 0 saturated heterocycles. The summed E-state index contributed by atoms with van der Waals surface area (Å²) in [5.74, 6) is 0.0766. The summed E-state index contributed by atoms with van der Waals surface area (Å²) in [6, 6.07) is 13.5. The Kier molecular flexibility index (Phi) is 4.44. The lowest BCUT2D eigenvalue weighted by Crippen LogP contribution is -2.11. The van der Waals surface area contributed by atoms with E-state index in [1.165, 1.54) is 18.3 Å². The van der Waals surface area contributed by atoms with Crippen LogP contribution >= 0.6 is 0 Å². The number of nitrogens with two attached hydrogens (primary N) is 1. The molecule has 0 unspecified atom stereocenters. The number of aryl methyl sites for hydroxylation is 1. The van der Waals surface area contributed by atoms with E-state index in [0.29, 0.717) is 23.9 Å². The van der Waals surface area contributed by atoms with Gasteiger partial charge in [-0.2, -0.15) is 10.1 Å². The van der Waals surface area contributed by atoms with E-state index in [1.807, 2.05) is 29.7 Å². The minimum absolute atomic E-state index is 0.291. The minimum Gasteiger partial charge on any atom is -0.366 e. The summed E-state index contributed by atoms with van der Waals surface area (Å²) in [6.45, 7) is 2.29. The van der Waals surface area contributed by atoms with Crippen molar-refractivity contribution in [3.63, 3.8) is 0 Å². The first-order chi connectivity index (χ1) is 13.5. The standard InChI is InChI=1S/C20H17FN6O/c1-12-8-16-15(19(22)28)6-3-7-17(16)27(12)20-25-18(11-24-26-20)23-10-13-4-2-5-14(21)9-13/h2-9,11H,10H2,1H3,(H2,22,28)(H,23,25,26). The number of anilines is 1. The molecule has 2 heterocycles. The predicted octanol–water partition coefficient (Wildman–Crippen LogP) is 2.97. The zero-order valence-electron chi connectivity index (χ0n) is 15.1. The van der Waals surface area contributed by atoms with Crippen molar-refractivity contribution in [2.75, 3.05) is 5.32 Å². The molecule has 0 aliphatic rings. The van der Waals surface area contributed by atoms with E-state index < -0.39 is 5.91 Å². The average molecular weight is 376 g/mol. The molecule has 0 atom stereocenters. The molecular weight excluding hydrogens is 359 g/mol. The number of primary amides is 1. The summed E-state index contributed by atoms with van der Waals surface area (Å²) in [5.41, 5.74) is 8.31. The van der Waals surface area contributed by atoms with Gasteiger partial charge in [0.25, 0.3) is 5.95 Å². The number of amides is 1. The molecule has 0 saturated carbocycles. The number of benzene rings is 2. The van der Waals surface area contributed by atoms with Crippen molar-refractivity contribution in [2.24, 2.45) is 5.73 Å². The lowest BCUT2D eigenvalue weighted by molar-refractivity contribution is 0.100. The number of carbonyl (C=O) groups is 1. The van der Waals surface area contributed by atoms with Crippen molar-refractivity contribution in [2.45, 2.75) is 13.5 Å². The van der Waals surface area contributed by atoms with E-state index in [-0.39, 0.29) is 5.82 Å². The van der Waals surface area contributed by atoms with Crippen LogP contribution in [0.3, 0.4) is 0 Å². The molecule has 0 radical (unpaired) electrons. The molecule has 140 valence electrons. The van der Waals surface area contributed by atoms with Crippen LogP contribution in [0, 0.1) is 12.7 Å². The molecule has 4 rings (SSSR count). The quantitative estimate of drug-likeness (QED) is 0.558. The fourth-order valence-electron chi connectivity index (χ4n) is 3.16. The second-order valence-electron chi connectivity index (χ2n) is 6.35. The van der Waals surface area contributed by atoms with Crippen LogP contribution in [0.15, 0.2) is 54.7 Å². The van der Waals surface area contributed by atoms with Gasteiger partial charge < -0.3 is 11.1 Å². The highest BCUT2D eigenvalue weighted by Gasteiger charge is 2.15. The van der Waals surface area contributed by atoms with Crippen LogP contribution in [-0.2, 0) is 6.54 Å². The van der Waals surface area contributed by atoms with Crippen molar-refractivity contribution < 1.29 is 9.18 Å². The number of carbonyl (C=O) groups excluding carboxylic acids is 1. The zero-order chi connectivity index (χ0) is 19.7. The maximum absolute atomic E-state index is 13.3. The molecule has 4 aromatic rings. The van der Waals surface area contributed by atoms with Gasteiger partial charge in [0, 0.05) is 23.2 Å². The number of hydrogen-bond donors (Lipinski definition) is 2. The van der Waals surface area contributed by atoms with Gasteiger partial charge in [-0.05, 0) is 42.8 Å². The molecule has 28 heavy (non-hydrogen) atoms. The fraction of sp³-hybridized carbons (Fsp3) is 0.100. The number of nitrogens with one attached hydrogen (secondary N) is 1. The molecule has 0 bridgehead atoms. The van der Waals surface area contributed by atoms with Gasteiger partial charge in [0.15, 0.2) is 5.82 Å². The molecule has 0 fully saturated rings. The average Bonchev–Trinajstić information content (AvgIpc) is 3.02. The summed E-state index contributed by atoms with van der Waals surface area (Å²) >= 11 is 0. The largest absolute Gasteiger partial charge is 0.366 e. The maximum Gasteiger partial charge on any atom is 0.256 e. The Morgan fingerprint density at radius 3 is 2.82 bits per heavy atom. The number of fused-ring (bicyclic) bond motifs is 1. The highest BCUT2D eigenvalue weighted by atomic mass is 19.1. The third-order valence-corrected chi connectivity index (χ3v) is 4.41. The van der Waals surface area contributed by atoms with Crippen molar-refractivity contribution in [3.8, 4) is 5.95 Å². The van der Waals surface area contributed by atoms with E-state index >= 15 is 0 Å². The molecule has 7 nitrogen and oxygen atoms in total. The van der Waals surface area contributed by atoms with Gasteiger partial charge in [0.1, 0.15) is 5.82 Å². The first kappa shape index (κ1) is 17.6. The first-order valence-electron chi connectivity index (χ1n) is 8.62. The fourth-order valence-corrected chi connectivity index (χ4v) is 3.16. The highest BCUT2D eigenvalue weighted by molar-refractivity contribution is 6.06. The van der Waals surface area contributed by atoms with Gasteiger partial charge in [-0.15, -0.1) is 5.10 Å². The molecule has 8 heteroatoms. The number of hydrogen-bond acceptors (Lipinski definition) is 5. The van der Waals surface area contributed by atoms with Crippen molar-refractivity contribution in [3.05, 3.63) is 77.4 Å². The SMILES string of the molecule is Cc1cc2c(C(N)=O)cccc2n1-c1nncc(NCc2cccc(F)c2)n1. The van der Waals surface area contributed by atoms with Crippen LogP contribution in [0.25, 0.3) is 16.9 Å². The Morgan fingerprint density at radius 1 is 1.21 bits per heavy atom. The van der Waals surface area contributed by atoms with Gasteiger partial charge in [0.2, 0.25) is 5.91 Å². The van der Waals surface area contributed by atoms with Gasteiger partial charge in [0.05, 0.1) is 11.7 Å². The van der Waals surface area contributed by atoms with Crippen LogP contribution in [0.2, 0.25) is 0 Å². The Morgan fingerprint density at radius 2 is 2.04 bits per heavy atom. The summed E-state index contributed by atoms with van der Waals surface area (Å²) in [6.07, 6.45) is 1.50. The van der Waals surface area contributed by atoms with E-state index in [4.69, 9.17) is 5.73 Å². The lowest BCUT2D eigenvalue weighted by atomic mass is 10.1. The molecule has 2 aromatic heterocycles. The number of aromatic nitrogens is 4. The normalized spacial score (nSPS) is 10.9. The second-order valence-corrected chi connectivity index (χ2v) is 6.35. The first-order valence-corrected chi connectivity index (χ1v) is 8.62. The van der Waals surface area contributed by atoms with Crippen molar-refractivity contribution >= 4 is 22.6 Å². The van der Waals surface area contributed by atoms with Crippen LogP contribution in [-0.4, -0.2) is 25.7 Å². The number of halogens is 1. The van der Waals surface area contributed by atoms with Gasteiger partial charge >= 0.3 is 0 Å². The minimum atomic E-state index is -0.493. The van der Waals surface area contributed by atoms with Crippen LogP contribution in [0.5, 0.6) is 0 Å². The van der Waals surface area contributed by atoms with Crippen LogP contribution in [0.4, 0.5) is 10.2 Å². The maximum atomic E-state index is 13.3. The molecule has 2 aromatic carbocycles. The summed E-state index contributed by atoms with van der Waals surface area (Å²) in [4.78, 5) is 16.2. The summed E-state index contributed by atoms with van der Waals surface area (Å²) < 4.78 is 15.1. The molecular formula is C20H17FN6O. The van der Waals surface area contributed by atoms with Crippen molar-refractivity contribution in [1.29, 1.82) is 0 Å². The monoisotopic (exact) mass is 376 g/mol. The lowest BCUT2D eigenvalue weighted by Gasteiger charge is -2.09. The smallest absolute Gasteiger partial charge is 0.256 e. The molecule has 3 N–H and O–H groups in total. The Bertz CT molecular complexity index is 1190. The summed E-state index contributed by atoms with van der Waals surface area (Å²) in [7, 11) is 0. The van der Waals surface area contributed by atoms with E-state index in [1.54, 1.807) is 18.2 Å². The zero-order valence-corrected chi connectivity index (χ0v) is 15.1. The second kappa shape index (κ2) is 7.07. The number of nitrogens with zero attached hydrogens (tertiary/aromatic N) is 4. The van der Waals surface area contributed by atoms with E-state index in [2.05, 4.69) is 20.5 Å². The topological polar surface area (TPSA) is 98.7 Å². The van der Waals surface area contributed by atoms with Crippen LogP contribution < -0.4 is 11.1 Å². The third-order valence-electron chi connectivity index (χ3n) is 4.41. The van der Waals surface area contributed by atoms with Crippen molar-refractivity contribution in [1.82, 2.24) is 19.7 Å². The predicted molar refractivity (Wildman–Crippen MR) is 104 cm³/mol. The Balaban J connectivity index is 1.69. The van der Waals surface area contributed by atoms with Gasteiger partial charge in [-0.25, -0.2) is 4.39 Å². The summed E-state index contributed by atoms with van der Waals surface area (Å²) in [5, 5.41) is 12.0. The van der Waals surface area contributed by atoms with E-state index in [0.717, 1.165) is 22.2 Å². The molecule has 0 aliphatic carbocycles. The Labute approximate surface area is 160 Å².